The minimum atomic E-state index is -3.03. The van der Waals surface area contributed by atoms with Gasteiger partial charge >= 0.3 is 0 Å². The molecule has 5 heteroatoms. The van der Waals surface area contributed by atoms with Crippen molar-refractivity contribution in [2.24, 2.45) is 5.73 Å². The van der Waals surface area contributed by atoms with Crippen molar-refractivity contribution >= 4 is 10.0 Å². The number of nitrogens with two attached hydrogens (primary N) is 1. The van der Waals surface area contributed by atoms with Crippen molar-refractivity contribution in [3.8, 4) is 0 Å². The zero-order chi connectivity index (χ0) is 10.3. The van der Waals surface area contributed by atoms with Gasteiger partial charge in [0.05, 0.1) is 5.75 Å². The standard InChI is InChI=1S/C9H18N2O2S/c1-2-5-14(12,13)11-7-3-4-9(11)8(10)6-7/h7-9H,2-6,10H2,1H3. The second-order valence-corrected chi connectivity index (χ2v) is 6.34. The third kappa shape index (κ3) is 1.47. The highest BCUT2D eigenvalue weighted by Crippen LogP contribution is 2.39. The molecule has 2 rings (SSSR count). The minimum absolute atomic E-state index is 0.0698. The molecule has 4 nitrogen and oxygen atoms in total. The van der Waals surface area contributed by atoms with Crippen LogP contribution in [0.2, 0.25) is 0 Å². The first-order chi connectivity index (χ1) is 6.56. The van der Waals surface area contributed by atoms with Crippen LogP contribution in [0.4, 0.5) is 0 Å². The van der Waals surface area contributed by atoms with Crippen molar-refractivity contribution in [3.63, 3.8) is 0 Å². The van der Waals surface area contributed by atoms with E-state index in [4.69, 9.17) is 5.73 Å². The van der Waals surface area contributed by atoms with Gasteiger partial charge in [-0.15, -0.1) is 0 Å². The third-order valence-electron chi connectivity index (χ3n) is 3.30. The Balaban J connectivity index is 2.20. The number of rotatable bonds is 3. The van der Waals surface area contributed by atoms with Crippen LogP contribution in [0.25, 0.3) is 0 Å². The maximum absolute atomic E-state index is 11.9. The van der Waals surface area contributed by atoms with Gasteiger partial charge in [0, 0.05) is 18.1 Å². The molecule has 2 N–H and O–H groups in total. The summed E-state index contributed by atoms with van der Waals surface area (Å²) >= 11 is 0. The van der Waals surface area contributed by atoms with Crippen LogP contribution >= 0.6 is 0 Å². The Morgan fingerprint density at radius 2 is 2.14 bits per heavy atom. The molecule has 0 spiro atoms. The Morgan fingerprint density at radius 3 is 2.57 bits per heavy atom. The highest BCUT2D eigenvalue weighted by Gasteiger charge is 2.49. The molecule has 2 bridgehead atoms. The third-order valence-corrected chi connectivity index (χ3v) is 5.44. The first kappa shape index (κ1) is 10.4. The predicted molar refractivity (Wildman–Crippen MR) is 55.3 cm³/mol. The van der Waals surface area contributed by atoms with Crippen molar-refractivity contribution in [3.05, 3.63) is 0 Å². The average Bonchev–Trinajstić information content (AvgIpc) is 2.59. The van der Waals surface area contributed by atoms with E-state index in [1.807, 2.05) is 6.92 Å². The van der Waals surface area contributed by atoms with Crippen LogP contribution in [-0.4, -0.2) is 36.6 Å². The predicted octanol–water partition coefficient (Wildman–Crippen LogP) is 0.290. The Kier molecular flexibility index (Phi) is 2.57. The zero-order valence-electron chi connectivity index (χ0n) is 8.52. The van der Waals surface area contributed by atoms with Crippen molar-refractivity contribution in [2.45, 2.75) is 50.7 Å². The number of hydrogen-bond donors (Lipinski definition) is 1. The molecule has 0 amide bonds. The molecule has 82 valence electrons. The molecule has 2 aliphatic rings. The van der Waals surface area contributed by atoms with E-state index in [2.05, 4.69) is 0 Å². The minimum Gasteiger partial charge on any atom is -0.326 e. The van der Waals surface area contributed by atoms with Gasteiger partial charge in [0.1, 0.15) is 0 Å². The lowest BCUT2D eigenvalue weighted by molar-refractivity contribution is 0.388. The van der Waals surface area contributed by atoms with Gasteiger partial charge in [0.15, 0.2) is 0 Å². The van der Waals surface area contributed by atoms with Gasteiger partial charge in [-0.05, 0) is 25.7 Å². The highest BCUT2D eigenvalue weighted by atomic mass is 32.2. The second-order valence-electron chi connectivity index (χ2n) is 4.34. The fraction of sp³-hybridized carbons (Fsp3) is 1.00. The van der Waals surface area contributed by atoms with Gasteiger partial charge < -0.3 is 5.73 Å². The molecule has 2 heterocycles. The maximum Gasteiger partial charge on any atom is 0.214 e. The molecule has 0 saturated carbocycles. The van der Waals surface area contributed by atoms with E-state index < -0.39 is 10.0 Å². The monoisotopic (exact) mass is 218 g/mol. The normalized spacial score (nSPS) is 38.0. The summed E-state index contributed by atoms with van der Waals surface area (Å²) in [6, 6.07) is 0.364. The van der Waals surface area contributed by atoms with Crippen molar-refractivity contribution in [1.29, 1.82) is 0 Å². The summed E-state index contributed by atoms with van der Waals surface area (Å²) in [7, 11) is -3.03. The molecule has 2 saturated heterocycles. The van der Waals surface area contributed by atoms with E-state index in [0.29, 0.717) is 6.42 Å². The van der Waals surface area contributed by atoms with Crippen LogP contribution in [0.5, 0.6) is 0 Å². The topological polar surface area (TPSA) is 63.4 Å². The van der Waals surface area contributed by atoms with Gasteiger partial charge in [-0.2, -0.15) is 4.31 Å². The van der Waals surface area contributed by atoms with Crippen LogP contribution in [0.3, 0.4) is 0 Å². The van der Waals surface area contributed by atoms with E-state index >= 15 is 0 Å². The fourth-order valence-corrected chi connectivity index (χ4v) is 4.83. The van der Waals surface area contributed by atoms with E-state index in [0.717, 1.165) is 19.3 Å². The van der Waals surface area contributed by atoms with Crippen LogP contribution in [0.1, 0.15) is 32.6 Å². The van der Waals surface area contributed by atoms with Crippen molar-refractivity contribution in [2.75, 3.05) is 5.75 Å². The molecule has 0 radical (unpaired) electrons. The molecule has 0 aromatic carbocycles. The lowest BCUT2D eigenvalue weighted by Gasteiger charge is -2.21. The second kappa shape index (κ2) is 3.47. The smallest absolute Gasteiger partial charge is 0.214 e. The van der Waals surface area contributed by atoms with Gasteiger partial charge in [-0.3, -0.25) is 0 Å². The van der Waals surface area contributed by atoms with Crippen LogP contribution in [0, 0.1) is 0 Å². The molecular weight excluding hydrogens is 200 g/mol. The first-order valence-corrected chi connectivity index (χ1v) is 6.94. The molecule has 0 aliphatic carbocycles. The molecule has 0 aromatic heterocycles. The summed E-state index contributed by atoms with van der Waals surface area (Å²) in [5.41, 5.74) is 5.90. The van der Waals surface area contributed by atoms with Crippen LogP contribution in [0.15, 0.2) is 0 Å². The molecule has 2 fully saturated rings. The quantitative estimate of drug-likeness (QED) is 0.740. The largest absolute Gasteiger partial charge is 0.326 e. The molecule has 2 aliphatic heterocycles. The molecule has 0 aromatic rings. The summed E-state index contributed by atoms with van der Waals surface area (Å²) in [6.07, 6.45) is 3.50. The SMILES string of the molecule is CCCS(=O)(=O)N1C2CCC1C(N)C2. The number of sulfonamides is 1. The lowest BCUT2D eigenvalue weighted by Crippen LogP contribution is -2.41. The molecule has 3 unspecified atom stereocenters. The van der Waals surface area contributed by atoms with Crippen LogP contribution in [-0.2, 0) is 10.0 Å². The molecule has 3 atom stereocenters. The molecule has 14 heavy (non-hydrogen) atoms. The zero-order valence-corrected chi connectivity index (χ0v) is 9.33. The van der Waals surface area contributed by atoms with Gasteiger partial charge in [-0.25, -0.2) is 8.42 Å². The van der Waals surface area contributed by atoms with Gasteiger partial charge in [0.2, 0.25) is 10.0 Å². The van der Waals surface area contributed by atoms with E-state index in [9.17, 15) is 8.42 Å². The van der Waals surface area contributed by atoms with E-state index in [-0.39, 0.29) is 23.9 Å². The van der Waals surface area contributed by atoms with Gasteiger partial charge in [0.25, 0.3) is 0 Å². The summed E-state index contributed by atoms with van der Waals surface area (Å²) in [5.74, 6) is 0.271. The Morgan fingerprint density at radius 1 is 1.43 bits per heavy atom. The Labute approximate surface area is 85.5 Å². The van der Waals surface area contributed by atoms with Gasteiger partial charge in [-0.1, -0.05) is 6.92 Å². The maximum atomic E-state index is 11.9. The van der Waals surface area contributed by atoms with Crippen LogP contribution < -0.4 is 5.73 Å². The molecular formula is C9H18N2O2S. The Bertz CT molecular complexity index is 315. The summed E-state index contributed by atoms with van der Waals surface area (Å²) in [4.78, 5) is 0. The number of fused-ring (bicyclic) bond motifs is 2. The average molecular weight is 218 g/mol. The van der Waals surface area contributed by atoms with Crippen molar-refractivity contribution in [1.82, 2.24) is 4.31 Å². The van der Waals surface area contributed by atoms with Crippen molar-refractivity contribution < 1.29 is 8.42 Å². The highest BCUT2D eigenvalue weighted by molar-refractivity contribution is 7.89. The number of nitrogens with zero attached hydrogens (tertiary/aromatic N) is 1. The first-order valence-electron chi connectivity index (χ1n) is 5.33. The number of hydrogen-bond acceptors (Lipinski definition) is 3. The lowest BCUT2D eigenvalue weighted by atomic mass is 9.97. The fourth-order valence-electron chi connectivity index (χ4n) is 2.78. The van der Waals surface area contributed by atoms with E-state index in [1.54, 1.807) is 4.31 Å². The summed E-state index contributed by atoms with van der Waals surface area (Å²) in [6.45, 7) is 1.90. The Hall–Kier alpha value is -0.130. The van der Waals surface area contributed by atoms with E-state index in [1.165, 1.54) is 0 Å². The summed E-state index contributed by atoms with van der Waals surface area (Å²) < 4.78 is 25.5. The summed E-state index contributed by atoms with van der Waals surface area (Å²) in [5, 5.41) is 0.